The summed E-state index contributed by atoms with van der Waals surface area (Å²) in [7, 11) is 0. The summed E-state index contributed by atoms with van der Waals surface area (Å²) in [5.41, 5.74) is 5.82. The van der Waals surface area contributed by atoms with Crippen LogP contribution in [0.15, 0.2) is 58.7 Å². The molecule has 8 heteroatoms. The average molecular weight is 398 g/mol. The lowest BCUT2D eigenvalue weighted by Gasteiger charge is -2.28. The van der Waals surface area contributed by atoms with Crippen molar-refractivity contribution >= 4 is 16.9 Å². The van der Waals surface area contributed by atoms with E-state index in [4.69, 9.17) is 15.2 Å². The number of H-pyrrole nitrogens is 1. The number of nitrogens with one attached hydrogen (secondary N) is 1. The van der Waals surface area contributed by atoms with Gasteiger partial charge in [0, 0.05) is 11.5 Å². The lowest BCUT2D eigenvalue weighted by molar-refractivity contribution is -0.139. The molecule has 0 fully saturated rings. The van der Waals surface area contributed by atoms with Gasteiger partial charge >= 0.3 is 5.97 Å². The molecule has 2 heterocycles. The van der Waals surface area contributed by atoms with E-state index >= 15 is 0 Å². The van der Waals surface area contributed by atoms with E-state index in [0.29, 0.717) is 17.0 Å². The van der Waals surface area contributed by atoms with Gasteiger partial charge < -0.3 is 20.2 Å². The van der Waals surface area contributed by atoms with Crippen LogP contribution in [0.5, 0.6) is 5.75 Å². The first-order chi connectivity index (χ1) is 13.9. The summed E-state index contributed by atoms with van der Waals surface area (Å²) in [6, 6.07) is 9.64. The van der Waals surface area contributed by atoms with Crippen LogP contribution < -0.4 is 16.0 Å². The molecule has 29 heavy (non-hydrogen) atoms. The predicted molar refractivity (Wildman–Crippen MR) is 101 cm³/mol. The maximum absolute atomic E-state index is 14.0. The van der Waals surface area contributed by atoms with Gasteiger partial charge in [0.25, 0.3) is 5.56 Å². The minimum absolute atomic E-state index is 0.0194. The molecule has 148 valence electrons. The number of carbonyl (C=O) groups excluding carboxylic acids is 1. The molecule has 0 spiro atoms. The third-order valence-electron chi connectivity index (χ3n) is 4.68. The van der Waals surface area contributed by atoms with Crippen LogP contribution >= 0.6 is 0 Å². The molecule has 1 aromatic heterocycles. The summed E-state index contributed by atoms with van der Waals surface area (Å²) in [4.78, 5) is 28.2. The lowest BCUT2D eigenvalue weighted by atomic mass is 9.83. The van der Waals surface area contributed by atoms with Gasteiger partial charge in [-0.15, -0.1) is 0 Å². The molecule has 0 bridgehead atoms. The van der Waals surface area contributed by atoms with E-state index in [2.05, 4.69) is 4.98 Å². The van der Waals surface area contributed by atoms with Crippen LogP contribution in [0, 0.1) is 11.6 Å². The van der Waals surface area contributed by atoms with Crippen LogP contribution in [0.3, 0.4) is 0 Å². The average Bonchev–Trinajstić information content (AvgIpc) is 2.66. The molecular formula is C21H16F2N2O4. The molecule has 0 amide bonds. The Hall–Kier alpha value is -3.68. The predicted octanol–water partition coefficient (Wildman–Crippen LogP) is 3.06. The molecule has 0 radical (unpaired) electrons. The van der Waals surface area contributed by atoms with E-state index in [-0.39, 0.29) is 34.9 Å². The zero-order chi connectivity index (χ0) is 20.7. The van der Waals surface area contributed by atoms with Gasteiger partial charge in [-0.1, -0.05) is 12.1 Å². The first-order valence-electron chi connectivity index (χ1n) is 8.86. The molecule has 2 aromatic carbocycles. The maximum atomic E-state index is 14.0. The number of halogens is 2. The third kappa shape index (κ3) is 3.12. The maximum Gasteiger partial charge on any atom is 0.340 e. The summed E-state index contributed by atoms with van der Waals surface area (Å²) in [5, 5.41) is 0.537. The van der Waals surface area contributed by atoms with Gasteiger partial charge in [-0.2, -0.15) is 0 Å². The number of benzene rings is 2. The fraction of sp³-hybridized carbons (Fsp3) is 0.143. The molecule has 0 saturated heterocycles. The van der Waals surface area contributed by atoms with Crippen molar-refractivity contribution in [3.8, 4) is 5.75 Å². The Morgan fingerprint density at radius 1 is 1.21 bits per heavy atom. The van der Waals surface area contributed by atoms with Gasteiger partial charge in [0.15, 0.2) is 0 Å². The lowest BCUT2D eigenvalue weighted by Crippen LogP contribution is -2.32. The van der Waals surface area contributed by atoms with Crippen LogP contribution in [0.1, 0.15) is 24.0 Å². The second-order valence-corrected chi connectivity index (χ2v) is 6.48. The number of rotatable bonds is 3. The molecule has 1 aliphatic rings. The van der Waals surface area contributed by atoms with Crippen LogP contribution in [-0.4, -0.2) is 17.6 Å². The molecular weight excluding hydrogens is 382 g/mol. The second-order valence-electron chi connectivity index (χ2n) is 6.48. The Morgan fingerprint density at radius 2 is 1.90 bits per heavy atom. The SMILES string of the molecule is CCOC(=O)C1=C(N)Oc2c(c(=O)[nH]c3ccccc23)C1c1cc(F)cc(F)c1. The van der Waals surface area contributed by atoms with Gasteiger partial charge in [0.1, 0.15) is 23.0 Å². The van der Waals surface area contributed by atoms with Crippen LogP contribution in [-0.2, 0) is 9.53 Å². The van der Waals surface area contributed by atoms with E-state index in [1.807, 2.05) is 0 Å². The van der Waals surface area contributed by atoms with Crippen LogP contribution in [0.4, 0.5) is 8.78 Å². The number of ether oxygens (including phenoxy) is 2. The molecule has 4 rings (SSSR count). The fourth-order valence-electron chi connectivity index (χ4n) is 3.55. The Morgan fingerprint density at radius 3 is 2.59 bits per heavy atom. The number of nitrogens with two attached hydrogens (primary N) is 1. The number of hydrogen-bond donors (Lipinski definition) is 2. The standard InChI is InChI=1S/C21H16F2N2O4/c1-2-28-21(27)17-15(10-7-11(22)9-12(23)8-10)16-18(29-19(17)24)13-5-3-4-6-14(13)25-20(16)26/h3-9,15H,2,24H2,1H3,(H,25,26). The van der Waals surface area contributed by atoms with Crippen molar-refractivity contribution in [2.24, 2.45) is 5.73 Å². The molecule has 3 N–H and O–H groups in total. The summed E-state index contributed by atoms with van der Waals surface area (Å²) < 4.78 is 38.6. The zero-order valence-corrected chi connectivity index (χ0v) is 15.3. The van der Waals surface area contributed by atoms with Gasteiger partial charge in [-0.05, 0) is 36.8 Å². The smallest absolute Gasteiger partial charge is 0.340 e. The molecule has 0 aliphatic carbocycles. The Kier molecular flexibility index (Phi) is 4.54. The van der Waals surface area contributed by atoms with Crippen LogP contribution in [0.25, 0.3) is 10.9 Å². The normalized spacial score (nSPS) is 15.8. The van der Waals surface area contributed by atoms with Crippen molar-refractivity contribution in [2.75, 3.05) is 6.61 Å². The van der Waals surface area contributed by atoms with Gasteiger partial charge in [0.05, 0.1) is 23.6 Å². The molecule has 1 atom stereocenters. The highest BCUT2D eigenvalue weighted by Crippen LogP contribution is 2.43. The van der Waals surface area contributed by atoms with Crippen LogP contribution in [0.2, 0.25) is 0 Å². The summed E-state index contributed by atoms with van der Waals surface area (Å²) in [5.74, 6) is -3.88. The van der Waals surface area contributed by atoms with E-state index in [0.717, 1.165) is 12.1 Å². The number of para-hydroxylation sites is 1. The van der Waals surface area contributed by atoms with Crippen molar-refractivity contribution < 1.29 is 23.0 Å². The number of aromatic amines is 1. The second kappa shape index (κ2) is 7.05. The van der Waals surface area contributed by atoms with E-state index in [9.17, 15) is 18.4 Å². The van der Waals surface area contributed by atoms with E-state index in [1.165, 1.54) is 0 Å². The van der Waals surface area contributed by atoms with E-state index < -0.39 is 29.1 Å². The number of hydrogen-bond acceptors (Lipinski definition) is 5. The zero-order valence-electron chi connectivity index (χ0n) is 15.3. The monoisotopic (exact) mass is 398 g/mol. The summed E-state index contributed by atoms with van der Waals surface area (Å²) in [6.07, 6.45) is 0. The Labute approximate surface area is 163 Å². The van der Waals surface area contributed by atoms with Crippen molar-refractivity contribution in [2.45, 2.75) is 12.8 Å². The first-order valence-corrected chi connectivity index (χ1v) is 8.86. The number of esters is 1. The largest absolute Gasteiger partial charge is 0.462 e. The summed E-state index contributed by atoms with van der Waals surface area (Å²) >= 11 is 0. The summed E-state index contributed by atoms with van der Waals surface area (Å²) in [6.45, 7) is 1.64. The number of pyridine rings is 1. The first kappa shape index (κ1) is 18.7. The molecule has 1 unspecified atom stereocenters. The van der Waals surface area contributed by atoms with Crippen molar-refractivity contribution in [3.05, 3.63) is 87.0 Å². The number of carbonyl (C=O) groups is 1. The molecule has 1 aliphatic heterocycles. The van der Waals surface area contributed by atoms with Gasteiger partial charge in [-0.3, -0.25) is 4.79 Å². The van der Waals surface area contributed by atoms with Gasteiger partial charge in [0.2, 0.25) is 5.88 Å². The van der Waals surface area contributed by atoms with E-state index in [1.54, 1.807) is 31.2 Å². The highest BCUT2D eigenvalue weighted by Gasteiger charge is 2.38. The topological polar surface area (TPSA) is 94.4 Å². The quantitative estimate of drug-likeness (QED) is 0.662. The number of aromatic nitrogens is 1. The minimum Gasteiger partial charge on any atom is -0.462 e. The van der Waals surface area contributed by atoms with Crippen molar-refractivity contribution in [1.29, 1.82) is 0 Å². The Bertz CT molecular complexity index is 1210. The molecule has 3 aromatic rings. The fourth-order valence-corrected chi connectivity index (χ4v) is 3.55. The third-order valence-corrected chi connectivity index (χ3v) is 4.68. The molecule has 6 nitrogen and oxygen atoms in total. The minimum atomic E-state index is -1.17. The van der Waals surface area contributed by atoms with Crippen molar-refractivity contribution in [3.63, 3.8) is 0 Å². The highest BCUT2D eigenvalue weighted by atomic mass is 19.1. The Balaban J connectivity index is 2.07. The van der Waals surface area contributed by atoms with Gasteiger partial charge in [-0.25, -0.2) is 13.6 Å². The highest BCUT2D eigenvalue weighted by molar-refractivity contribution is 5.95. The van der Waals surface area contributed by atoms with Crippen molar-refractivity contribution in [1.82, 2.24) is 4.98 Å². The number of fused-ring (bicyclic) bond motifs is 3. The molecule has 0 saturated carbocycles.